The number of halogens is 1. The Morgan fingerprint density at radius 3 is 2.52 bits per heavy atom. The Bertz CT molecular complexity index is 619. The molecule has 0 atom stereocenters. The maximum atomic E-state index is 12.3. The summed E-state index contributed by atoms with van der Waals surface area (Å²) in [7, 11) is 0. The monoisotopic (exact) mass is 338 g/mol. The van der Waals surface area contributed by atoms with Crippen LogP contribution in [0.2, 0.25) is 5.02 Å². The number of rotatable bonds is 1. The number of benzene rings is 1. The zero-order valence-corrected chi connectivity index (χ0v) is 13.7. The van der Waals surface area contributed by atoms with Gasteiger partial charge in [0, 0.05) is 36.6 Å². The van der Waals surface area contributed by atoms with Crippen LogP contribution in [-0.2, 0) is 19.1 Å². The van der Waals surface area contributed by atoms with Crippen molar-refractivity contribution in [2.75, 3.05) is 31.6 Å². The van der Waals surface area contributed by atoms with Crippen molar-refractivity contribution in [3.05, 3.63) is 28.8 Å². The lowest BCUT2D eigenvalue weighted by Gasteiger charge is -2.37. The van der Waals surface area contributed by atoms with Gasteiger partial charge in [-0.1, -0.05) is 17.7 Å². The summed E-state index contributed by atoms with van der Waals surface area (Å²) in [4.78, 5) is 26.0. The topological polar surface area (TPSA) is 67.9 Å². The van der Waals surface area contributed by atoms with E-state index in [1.54, 1.807) is 25.1 Å². The van der Waals surface area contributed by atoms with E-state index in [0.29, 0.717) is 49.9 Å². The minimum atomic E-state index is -0.653. The van der Waals surface area contributed by atoms with E-state index in [0.717, 1.165) is 5.56 Å². The molecule has 3 rings (SSSR count). The Labute approximate surface area is 139 Å². The first-order valence-electron chi connectivity index (χ1n) is 7.64. The van der Waals surface area contributed by atoms with Crippen LogP contribution < -0.4 is 5.32 Å². The number of hydrogen-bond donors (Lipinski definition) is 1. The number of amides is 2. The van der Waals surface area contributed by atoms with E-state index >= 15 is 0 Å². The number of nitrogens with one attached hydrogen (secondary N) is 1. The van der Waals surface area contributed by atoms with Gasteiger partial charge in [0.1, 0.15) is 0 Å². The second kappa shape index (κ2) is 6.47. The molecule has 2 aliphatic rings. The molecule has 2 fully saturated rings. The third-order valence-electron chi connectivity index (χ3n) is 4.34. The maximum Gasteiger partial charge on any atom is 0.313 e. The molecule has 124 valence electrons. The van der Waals surface area contributed by atoms with Crippen LogP contribution in [0, 0.1) is 6.92 Å². The van der Waals surface area contributed by atoms with Crippen LogP contribution in [0.5, 0.6) is 0 Å². The highest BCUT2D eigenvalue weighted by Crippen LogP contribution is 2.31. The van der Waals surface area contributed by atoms with E-state index in [9.17, 15) is 9.59 Å². The van der Waals surface area contributed by atoms with Crippen LogP contribution in [0.3, 0.4) is 0 Å². The van der Waals surface area contributed by atoms with Crippen LogP contribution in [-0.4, -0.2) is 48.8 Å². The molecule has 2 saturated heterocycles. The summed E-state index contributed by atoms with van der Waals surface area (Å²) < 4.78 is 11.2. The molecule has 1 spiro atoms. The largest absolute Gasteiger partial charge is 0.347 e. The van der Waals surface area contributed by atoms with Crippen molar-refractivity contribution < 1.29 is 19.1 Å². The summed E-state index contributed by atoms with van der Waals surface area (Å²) in [6.45, 7) is 3.86. The van der Waals surface area contributed by atoms with E-state index in [1.165, 1.54) is 4.90 Å². The fraction of sp³-hybridized carbons (Fsp3) is 0.500. The first-order valence-corrected chi connectivity index (χ1v) is 8.02. The predicted octanol–water partition coefficient (Wildman–Crippen LogP) is 1.95. The molecule has 2 aliphatic heterocycles. The van der Waals surface area contributed by atoms with Gasteiger partial charge in [-0.05, 0) is 24.6 Å². The summed E-state index contributed by atoms with van der Waals surface area (Å²) in [5.41, 5.74) is 1.28. The fourth-order valence-corrected chi connectivity index (χ4v) is 3.07. The van der Waals surface area contributed by atoms with Gasteiger partial charge in [0.15, 0.2) is 5.79 Å². The average molecular weight is 339 g/mol. The molecular formula is C16H19ClN2O4. The van der Waals surface area contributed by atoms with E-state index in [4.69, 9.17) is 21.1 Å². The Morgan fingerprint density at radius 2 is 1.87 bits per heavy atom. The van der Waals surface area contributed by atoms with Crippen molar-refractivity contribution in [2.24, 2.45) is 0 Å². The van der Waals surface area contributed by atoms with Gasteiger partial charge in [-0.2, -0.15) is 0 Å². The van der Waals surface area contributed by atoms with Crippen molar-refractivity contribution in [1.82, 2.24) is 4.90 Å². The highest BCUT2D eigenvalue weighted by atomic mass is 35.5. The van der Waals surface area contributed by atoms with Gasteiger partial charge in [-0.3, -0.25) is 9.59 Å². The number of piperidine rings is 1. The van der Waals surface area contributed by atoms with Gasteiger partial charge in [0.2, 0.25) is 0 Å². The van der Waals surface area contributed by atoms with E-state index < -0.39 is 17.6 Å². The number of likely N-dealkylation sites (tertiary alicyclic amines) is 1. The van der Waals surface area contributed by atoms with E-state index in [1.807, 2.05) is 0 Å². The number of carbonyl (C=O) groups is 2. The second-order valence-electron chi connectivity index (χ2n) is 5.77. The zero-order chi connectivity index (χ0) is 16.4. The highest BCUT2D eigenvalue weighted by molar-refractivity contribution is 6.40. The molecule has 1 aromatic carbocycles. The quantitative estimate of drug-likeness (QED) is 0.795. The second-order valence-corrected chi connectivity index (χ2v) is 6.17. The first kappa shape index (κ1) is 16.2. The molecule has 2 heterocycles. The normalized spacial score (nSPS) is 19.8. The summed E-state index contributed by atoms with van der Waals surface area (Å²) in [6.07, 6.45) is 1.17. The van der Waals surface area contributed by atoms with Crippen molar-refractivity contribution >= 4 is 29.1 Å². The van der Waals surface area contributed by atoms with Crippen LogP contribution in [0.4, 0.5) is 5.69 Å². The zero-order valence-electron chi connectivity index (χ0n) is 12.9. The molecule has 6 nitrogen and oxygen atoms in total. The van der Waals surface area contributed by atoms with E-state index in [-0.39, 0.29) is 0 Å². The Hall–Kier alpha value is -1.63. The molecule has 7 heteroatoms. The molecule has 0 radical (unpaired) electrons. The third-order valence-corrected chi connectivity index (χ3v) is 4.75. The lowest BCUT2D eigenvalue weighted by Crippen LogP contribution is -2.50. The Kier molecular flexibility index (Phi) is 4.57. The molecule has 0 aliphatic carbocycles. The van der Waals surface area contributed by atoms with Gasteiger partial charge < -0.3 is 19.7 Å². The number of hydrogen-bond acceptors (Lipinski definition) is 4. The Morgan fingerprint density at radius 1 is 1.22 bits per heavy atom. The first-order chi connectivity index (χ1) is 11.0. The van der Waals surface area contributed by atoms with Crippen molar-refractivity contribution in [3.63, 3.8) is 0 Å². The van der Waals surface area contributed by atoms with Gasteiger partial charge >= 0.3 is 11.8 Å². The summed E-state index contributed by atoms with van der Waals surface area (Å²) in [6, 6.07) is 5.19. The minimum absolute atomic E-state index is 0.445. The van der Waals surface area contributed by atoms with Gasteiger partial charge in [0.05, 0.1) is 13.2 Å². The van der Waals surface area contributed by atoms with Crippen LogP contribution >= 0.6 is 11.6 Å². The smallest absolute Gasteiger partial charge is 0.313 e. The van der Waals surface area contributed by atoms with Crippen LogP contribution in [0.15, 0.2) is 18.2 Å². The number of carbonyl (C=O) groups excluding carboxylic acids is 2. The highest BCUT2D eigenvalue weighted by Gasteiger charge is 2.41. The van der Waals surface area contributed by atoms with E-state index in [2.05, 4.69) is 5.32 Å². The van der Waals surface area contributed by atoms with Crippen molar-refractivity contribution in [1.29, 1.82) is 0 Å². The number of anilines is 1. The summed E-state index contributed by atoms with van der Waals surface area (Å²) >= 11 is 6.02. The molecule has 0 saturated carbocycles. The molecular weight excluding hydrogens is 320 g/mol. The van der Waals surface area contributed by atoms with Crippen LogP contribution in [0.1, 0.15) is 18.4 Å². The minimum Gasteiger partial charge on any atom is -0.347 e. The van der Waals surface area contributed by atoms with Gasteiger partial charge in [-0.25, -0.2) is 0 Å². The lowest BCUT2D eigenvalue weighted by molar-refractivity contribution is -0.187. The van der Waals surface area contributed by atoms with Crippen molar-refractivity contribution in [3.8, 4) is 0 Å². The molecule has 1 N–H and O–H groups in total. The SMILES string of the molecule is Cc1c(Cl)cccc1NC(=O)C(=O)N1CCC2(CC1)OCCO2. The molecule has 0 aromatic heterocycles. The third kappa shape index (κ3) is 3.34. The van der Waals surface area contributed by atoms with Gasteiger partial charge in [0.25, 0.3) is 0 Å². The van der Waals surface area contributed by atoms with Gasteiger partial charge in [-0.15, -0.1) is 0 Å². The summed E-state index contributed by atoms with van der Waals surface area (Å²) in [5, 5.41) is 3.18. The molecule has 1 aromatic rings. The molecule has 0 unspecified atom stereocenters. The number of ether oxygens (including phenoxy) is 2. The van der Waals surface area contributed by atoms with Crippen LogP contribution in [0.25, 0.3) is 0 Å². The maximum absolute atomic E-state index is 12.3. The summed E-state index contributed by atoms with van der Waals surface area (Å²) in [5.74, 6) is -1.76. The predicted molar refractivity (Wildman–Crippen MR) is 85.3 cm³/mol. The standard InChI is InChI=1S/C16H19ClN2O4/c1-11-12(17)3-2-4-13(11)18-14(20)15(21)19-7-5-16(6-8-19)22-9-10-23-16/h2-4H,5-10H2,1H3,(H,18,20). The Balaban J connectivity index is 1.60. The molecule has 0 bridgehead atoms. The van der Waals surface area contributed by atoms with Crippen molar-refractivity contribution in [2.45, 2.75) is 25.6 Å². The lowest BCUT2D eigenvalue weighted by atomic mass is 10.0. The molecule has 23 heavy (non-hydrogen) atoms. The fourth-order valence-electron chi connectivity index (χ4n) is 2.90. The average Bonchev–Trinajstić information content (AvgIpc) is 3.00. The number of nitrogens with zero attached hydrogens (tertiary/aromatic N) is 1. The molecule has 2 amide bonds.